The van der Waals surface area contributed by atoms with Gasteiger partial charge in [-0.25, -0.2) is 4.79 Å². The number of ether oxygens (including phenoxy) is 1. The zero-order valence-electron chi connectivity index (χ0n) is 13.8. The minimum absolute atomic E-state index is 0.0486. The predicted molar refractivity (Wildman–Crippen MR) is 92.7 cm³/mol. The summed E-state index contributed by atoms with van der Waals surface area (Å²) in [5, 5.41) is 9.04. The highest BCUT2D eigenvalue weighted by atomic mass is 16.5. The smallest absolute Gasteiger partial charge is 0.328 e. The van der Waals surface area contributed by atoms with Crippen LogP contribution in [0, 0.1) is 11.3 Å². The van der Waals surface area contributed by atoms with Crippen LogP contribution in [0.2, 0.25) is 0 Å². The molecule has 0 aliphatic carbocycles. The molecule has 0 unspecified atom stereocenters. The van der Waals surface area contributed by atoms with E-state index < -0.39 is 5.97 Å². The first-order chi connectivity index (χ1) is 12.1. The van der Waals surface area contributed by atoms with Gasteiger partial charge in [0.05, 0.1) is 29.1 Å². The predicted octanol–water partition coefficient (Wildman–Crippen LogP) is 2.35. The molecule has 0 bridgehead atoms. The number of hydrogen-bond acceptors (Lipinski definition) is 4. The highest BCUT2D eigenvalue weighted by Gasteiger charge is 2.12. The lowest BCUT2D eigenvalue weighted by Gasteiger charge is -2.07. The average Bonchev–Trinajstić information content (AvgIpc) is 2.89. The van der Waals surface area contributed by atoms with Crippen molar-refractivity contribution in [3.05, 3.63) is 70.1 Å². The van der Waals surface area contributed by atoms with E-state index >= 15 is 0 Å². The second-order valence-electron chi connectivity index (χ2n) is 5.66. The SMILES string of the molecule is Cn1c(=O)n(CCC(=O)OCc2ccccc2C#N)c2ccccc21. The van der Waals surface area contributed by atoms with Gasteiger partial charge in [0.15, 0.2) is 0 Å². The molecule has 25 heavy (non-hydrogen) atoms. The molecule has 1 aromatic heterocycles. The minimum Gasteiger partial charge on any atom is -0.461 e. The molecule has 126 valence electrons. The molecule has 0 saturated heterocycles. The van der Waals surface area contributed by atoms with E-state index in [0.717, 1.165) is 11.0 Å². The number of imidazole rings is 1. The van der Waals surface area contributed by atoms with Gasteiger partial charge < -0.3 is 4.74 Å². The quantitative estimate of drug-likeness (QED) is 0.671. The van der Waals surface area contributed by atoms with Crippen molar-refractivity contribution >= 4 is 17.0 Å². The van der Waals surface area contributed by atoms with Crippen molar-refractivity contribution in [1.82, 2.24) is 9.13 Å². The molecule has 0 spiro atoms. The monoisotopic (exact) mass is 335 g/mol. The first-order valence-corrected chi connectivity index (χ1v) is 7.89. The summed E-state index contributed by atoms with van der Waals surface area (Å²) in [5.41, 5.74) is 2.60. The van der Waals surface area contributed by atoms with E-state index in [9.17, 15) is 9.59 Å². The number of nitriles is 1. The summed E-state index contributed by atoms with van der Waals surface area (Å²) in [6.07, 6.45) is 0.0859. The Hall–Kier alpha value is -3.33. The summed E-state index contributed by atoms with van der Waals surface area (Å²) < 4.78 is 8.37. The molecular weight excluding hydrogens is 318 g/mol. The molecule has 0 N–H and O–H groups in total. The van der Waals surface area contributed by atoms with Crippen molar-refractivity contribution in [1.29, 1.82) is 5.26 Å². The van der Waals surface area contributed by atoms with Crippen LogP contribution in [0.4, 0.5) is 0 Å². The van der Waals surface area contributed by atoms with Crippen molar-refractivity contribution < 1.29 is 9.53 Å². The van der Waals surface area contributed by atoms with E-state index in [1.807, 2.05) is 24.3 Å². The van der Waals surface area contributed by atoms with E-state index in [1.54, 1.807) is 40.4 Å². The van der Waals surface area contributed by atoms with Crippen molar-refractivity contribution in [2.45, 2.75) is 19.6 Å². The molecule has 3 rings (SSSR count). The van der Waals surface area contributed by atoms with E-state index in [0.29, 0.717) is 11.1 Å². The maximum atomic E-state index is 12.3. The van der Waals surface area contributed by atoms with Crippen LogP contribution in [-0.4, -0.2) is 15.1 Å². The van der Waals surface area contributed by atoms with E-state index in [1.165, 1.54) is 0 Å². The number of para-hydroxylation sites is 2. The number of carbonyl (C=O) groups is 1. The molecule has 6 heteroatoms. The maximum absolute atomic E-state index is 12.3. The fourth-order valence-corrected chi connectivity index (χ4v) is 2.77. The van der Waals surface area contributed by atoms with Gasteiger partial charge in [0.25, 0.3) is 0 Å². The summed E-state index contributed by atoms with van der Waals surface area (Å²) in [6.45, 7) is 0.298. The number of hydrogen-bond donors (Lipinski definition) is 0. The van der Waals surface area contributed by atoms with Gasteiger partial charge >= 0.3 is 11.7 Å². The standard InChI is InChI=1S/C19H17N3O3/c1-21-16-8-4-5-9-17(16)22(19(21)24)11-10-18(23)25-13-15-7-3-2-6-14(15)12-20/h2-9H,10-11,13H2,1H3. The van der Waals surface area contributed by atoms with Crippen LogP contribution in [0.5, 0.6) is 0 Å². The molecule has 2 aromatic carbocycles. The Morgan fingerprint density at radius 3 is 2.56 bits per heavy atom. The molecule has 0 atom stereocenters. The lowest BCUT2D eigenvalue weighted by molar-refractivity contribution is -0.145. The topological polar surface area (TPSA) is 77.0 Å². The zero-order valence-corrected chi connectivity index (χ0v) is 13.8. The van der Waals surface area contributed by atoms with Crippen molar-refractivity contribution in [2.75, 3.05) is 0 Å². The lowest BCUT2D eigenvalue weighted by atomic mass is 10.1. The van der Waals surface area contributed by atoms with Crippen LogP contribution in [0.15, 0.2) is 53.3 Å². The van der Waals surface area contributed by atoms with Gasteiger partial charge in [0.2, 0.25) is 0 Å². The van der Waals surface area contributed by atoms with E-state index in [4.69, 9.17) is 10.00 Å². The third kappa shape index (κ3) is 3.31. The summed E-state index contributed by atoms with van der Waals surface area (Å²) in [6, 6.07) is 16.5. The van der Waals surface area contributed by atoms with E-state index in [2.05, 4.69) is 6.07 Å². The van der Waals surface area contributed by atoms with Gasteiger partial charge in [-0.3, -0.25) is 13.9 Å². The summed E-state index contributed by atoms with van der Waals surface area (Å²) in [7, 11) is 1.71. The molecule has 3 aromatic rings. The Kier molecular flexibility index (Phi) is 4.66. The summed E-state index contributed by atoms with van der Waals surface area (Å²) in [5.74, 6) is -0.410. The second kappa shape index (κ2) is 7.05. The Morgan fingerprint density at radius 1 is 1.12 bits per heavy atom. The Labute approximate surface area is 144 Å². The first kappa shape index (κ1) is 16.5. The van der Waals surface area contributed by atoms with Crippen molar-refractivity contribution in [3.8, 4) is 6.07 Å². The normalized spacial score (nSPS) is 10.6. The first-order valence-electron chi connectivity index (χ1n) is 7.89. The molecule has 1 heterocycles. The molecular formula is C19H17N3O3. The zero-order chi connectivity index (χ0) is 17.8. The third-order valence-electron chi connectivity index (χ3n) is 4.12. The number of aryl methyl sites for hydroxylation is 2. The Bertz CT molecular complexity index is 1020. The van der Waals surface area contributed by atoms with E-state index in [-0.39, 0.29) is 25.3 Å². The Morgan fingerprint density at radius 2 is 1.80 bits per heavy atom. The third-order valence-corrected chi connectivity index (χ3v) is 4.12. The van der Waals surface area contributed by atoms with Crippen molar-refractivity contribution in [3.63, 3.8) is 0 Å². The summed E-state index contributed by atoms with van der Waals surface area (Å²) in [4.78, 5) is 24.3. The minimum atomic E-state index is -0.410. The summed E-state index contributed by atoms with van der Waals surface area (Å²) >= 11 is 0. The van der Waals surface area contributed by atoms with Crippen LogP contribution in [-0.2, 0) is 29.7 Å². The van der Waals surface area contributed by atoms with Crippen LogP contribution in [0.1, 0.15) is 17.5 Å². The fraction of sp³-hybridized carbons (Fsp3) is 0.211. The average molecular weight is 335 g/mol. The maximum Gasteiger partial charge on any atom is 0.328 e. The number of aromatic nitrogens is 2. The van der Waals surface area contributed by atoms with Gasteiger partial charge in [-0.15, -0.1) is 0 Å². The fourth-order valence-electron chi connectivity index (χ4n) is 2.77. The number of rotatable bonds is 5. The Balaban J connectivity index is 1.67. The highest BCUT2D eigenvalue weighted by molar-refractivity contribution is 5.76. The lowest BCUT2D eigenvalue weighted by Crippen LogP contribution is -2.23. The largest absolute Gasteiger partial charge is 0.461 e. The molecule has 0 saturated carbocycles. The van der Waals surface area contributed by atoms with Gasteiger partial charge in [-0.2, -0.15) is 5.26 Å². The van der Waals surface area contributed by atoms with Gasteiger partial charge in [-0.05, 0) is 18.2 Å². The second-order valence-corrected chi connectivity index (χ2v) is 5.66. The number of carbonyl (C=O) groups excluding carboxylic acids is 1. The molecule has 0 amide bonds. The van der Waals surface area contributed by atoms with Crippen LogP contribution in [0.25, 0.3) is 11.0 Å². The molecule has 0 fully saturated rings. The number of esters is 1. The van der Waals surface area contributed by atoms with Gasteiger partial charge in [0.1, 0.15) is 6.61 Å². The highest BCUT2D eigenvalue weighted by Crippen LogP contribution is 2.13. The molecule has 6 nitrogen and oxygen atoms in total. The van der Waals surface area contributed by atoms with Crippen LogP contribution < -0.4 is 5.69 Å². The molecule has 0 aliphatic rings. The molecule has 0 aliphatic heterocycles. The van der Waals surface area contributed by atoms with Crippen molar-refractivity contribution in [2.24, 2.45) is 7.05 Å². The van der Waals surface area contributed by atoms with Gasteiger partial charge in [0, 0.05) is 19.2 Å². The number of nitrogens with zero attached hydrogens (tertiary/aromatic N) is 3. The van der Waals surface area contributed by atoms with Gasteiger partial charge in [-0.1, -0.05) is 30.3 Å². The molecule has 0 radical (unpaired) electrons. The number of benzene rings is 2. The van der Waals surface area contributed by atoms with Crippen LogP contribution in [0.3, 0.4) is 0 Å². The van der Waals surface area contributed by atoms with Crippen LogP contribution >= 0.6 is 0 Å². The number of fused-ring (bicyclic) bond motifs is 1.